The van der Waals surface area contributed by atoms with Crippen LogP contribution in [0.15, 0.2) is 30.3 Å². The second kappa shape index (κ2) is 6.43. The zero-order valence-corrected chi connectivity index (χ0v) is 10.9. The maximum absolute atomic E-state index is 11.6. The molecule has 1 saturated carbocycles. The molecule has 1 fully saturated rings. The number of hydrogen-bond donors (Lipinski definition) is 1. The zero-order chi connectivity index (χ0) is 12.8. The van der Waals surface area contributed by atoms with Crippen LogP contribution in [0.25, 0.3) is 0 Å². The second-order valence-corrected chi connectivity index (χ2v) is 5.16. The molecule has 0 aromatic heterocycles. The van der Waals surface area contributed by atoms with Gasteiger partial charge in [-0.1, -0.05) is 37.3 Å². The minimum absolute atomic E-state index is 0.293. The van der Waals surface area contributed by atoms with E-state index in [0.29, 0.717) is 12.6 Å². The minimum Gasteiger partial charge on any atom is -0.445 e. The predicted octanol–water partition coefficient (Wildman–Crippen LogP) is 3.49. The van der Waals surface area contributed by atoms with Crippen molar-refractivity contribution in [3.8, 4) is 0 Å². The van der Waals surface area contributed by atoms with Crippen LogP contribution in [0.5, 0.6) is 0 Å². The van der Waals surface area contributed by atoms with Crippen LogP contribution in [0.1, 0.15) is 38.2 Å². The van der Waals surface area contributed by atoms with E-state index in [4.69, 9.17) is 4.74 Å². The van der Waals surface area contributed by atoms with Crippen molar-refractivity contribution in [1.29, 1.82) is 0 Å². The van der Waals surface area contributed by atoms with E-state index >= 15 is 0 Å². The predicted molar refractivity (Wildman–Crippen MR) is 71.2 cm³/mol. The van der Waals surface area contributed by atoms with E-state index in [1.165, 1.54) is 12.8 Å². The number of benzene rings is 1. The Morgan fingerprint density at radius 1 is 1.22 bits per heavy atom. The van der Waals surface area contributed by atoms with Gasteiger partial charge in [0, 0.05) is 6.04 Å². The maximum atomic E-state index is 11.6. The van der Waals surface area contributed by atoms with Gasteiger partial charge in [0.1, 0.15) is 6.61 Å². The highest BCUT2D eigenvalue weighted by atomic mass is 16.5. The topological polar surface area (TPSA) is 38.3 Å². The van der Waals surface area contributed by atoms with Gasteiger partial charge in [0.25, 0.3) is 0 Å². The van der Waals surface area contributed by atoms with Gasteiger partial charge in [-0.05, 0) is 37.2 Å². The van der Waals surface area contributed by atoms with E-state index in [1.807, 2.05) is 30.3 Å². The number of rotatable bonds is 3. The number of ether oxygens (including phenoxy) is 1. The van der Waals surface area contributed by atoms with Crippen molar-refractivity contribution in [3.05, 3.63) is 35.9 Å². The Morgan fingerprint density at radius 3 is 2.56 bits per heavy atom. The van der Waals surface area contributed by atoms with Crippen molar-refractivity contribution in [2.75, 3.05) is 0 Å². The molecule has 1 N–H and O–H groups in total. The summed E-state index contributed by atoms with van der Waals surface area (Å²) in [6.07, 6.45) is 4.25. The summed E-state index contributed by atoms with van der Waals surface area (Å²) in [5, 5.41) is 2.95. The zero-order valence-electron chi connectivity index (χ0n) is 10.9. The van der Waals surface area contributed by atoms with Crippen LogP contribution in [0, 0.1) is 5.92 Å². The number of alkyl carbamates (subject to hydrolysis) is 1. The van der Waals surface area contributed by atoms with Crippen LogP contribution >= 0.6 is 0 Å². The molecule has 1 aromatic carbocycles. The van der Waals surface area contributed by atoms with Crippen molar-refractivity contribution >= 4 is 6.09 Å². The molecule has 18 heavy (non-hydrogen) atoms. The fourth-order valence-electron chi connectivity index (χ4n) is 2.34. The van der Waals surface area contributed by atoms with Crippen LogP contribution in [-0.4, -0.2) is 12.1 Å². The first-order valence-corrected chi connectivity index (χ1v) is 6.71. The van der Waals surface area contributed by atoms with Gasteiger partial charge in [0.2, 0.25) is 0 Å². The van der Waals surface area contributed by atoms with Gasteiger partial charge in [-0.25, -0.2) is 4.79 Å². The third-order valence-electron chi connectivity index (χ3n) is 3.55. The van der Waals surface area contributed by atoms with Crippen molar-refractivity contribution in [1.82, 2.24) is 5.32 Å². The smallest absolute Gasteiger partial charge is 0.407 e. The summed E-state index contributed by atoms with van der Waals surface area (Å²) >= 11 is 0. The molecular weight excluding hydrogens is 226 g/mol. The van der Waals surface area contributed by atoms with Crippen molar-refractivity contribution in [2.24, 2.45) is 5.92 Å². The number of carbonyl (C=O) groups excluding carboxylic acids is 1. The lowest BCUT2D eigenvalue weighted by Crippen LogP contribution is -2.37. The third-order valence-corrected chi connectivity index (χ3v) is 3.55. The van der Waals surface area contributed by atoms with Gasteiger partial charge in [0.05, 0.1) is 0 Å². The standard InChI is InChI=1S/C15H21NO2/c1-12-7-9-14(10-8-12)16-15(17)18-11-13-5-3-2-4-6-13/h2-6,12,14H,7-11H2,1H3,(H,16,17)/t12-,14-. The van der Waals surface area contributed by atoms with Crippen molar-refractivity contribution in [3.63, 3.8) is 0 Å². The quantitative estimate of drug-likeness (QED) is 0.888. The van der Waals surface area contributed by atoms with Crippen LogP contribution < -0.4 is 5.32 Å². The molecule has 1 amide bonds. The van der Waals surface area contributed by atoms with Crippen LogP contribution in [0.4, 0.5) is 4.79 Å². The van der Waals surface area contributed by atoms with E-state index in [9.17, 15) is 4.79 Å². The fraction of sp³-hybridized carbons (Fsp3) is 0.533. The normalized spacial score (nSPS) is 23.4. The third kappa shape index (κ3) is 4.06. The van der Waals surface area contributed by atoms with E-state index in [-0.39, 0.29) is 6.09 Å². The first-order chi connectivity index (χ1) is 8.74. The van der Waals surface area contributed by atoms with E-state index in [1.54, 1.807) is 0 Å². The van der Waals surface area contributed by atoms with Crippen LogP contribution in [-0.2, 0) is 11.3 Å². The number of amides is 1. The summed E-state index contributed by atoms with van der Waals surface area (Å²) in [7, 11) is 0. The Hall–Kier alpha value is -1.51. The lowest BCUT2D eigenvalue weighted by molar-refractivity contribution is 0.131. The number of carbonyl (C=O) groups is 1. The summed E-state index contributed by atoms with van der Waals surface area (Å²) in [5.74, 6) is 0.795. The fourth-order valence-corrected chi connectivity index (χ4v) is 2.34. The Morgan fingerprint density at radius 2 is 1.89 bits per heavy atom. The minimum atomic E-state index is -0.293. The Labute approximate surface area is 109 Å². The molecule has 1 aromatic rings. The molecule has 1 aliphatic rings. The summed E-state index contributed by atoms with van der Waals surface area (Å²) < 4.78 is 5.21. The van der Waals surface area contributed by atoms with E-state index in [0.717, 1.165) is 24.3 Å². The first-order valence-electron chi connectivity index (χ1n) is 6.71. The van der Waals surface area contributed by atoms with Gasteiger partial charge in [-0.15, -0.1) is 0 Å². The number of hydrogen-bond acceptors (Lipinski definition) is 2. The molecule has 0 spiro atoms. The summed E-state index contributed by atoms with van der Waals surface area (Å²) in [5.41, 5.74) is 1.02. The van der Waals surface area contributed by atoms with Crippen molar-refractivity contribution in [2.45, 2.75) is 45.3 Å². The number of nitrogens with one attached hydrogen (secondary N) is 1. The molecule has 98 valence electrons. The highest BCUT2D eigenvalue weighted by Gasteiger charge is 2.20. The summed E-state index contributed by atoms with van der Waals surface area (Å²) in [6, 6.07) is 10.0. The van der Waals surface area contributed by atoms with Crippen LogP contribution in [0.2, 0.25) is 0 Å². The average molecular weight is 247 g/mol. The van der Waals surface area contributed by atoms with Gasteiger partial charge in [-0.3, -0.25) is 0 Å². The van der Waals surface area contributed by atoms with Gasteiger partial charge in [0.15, 0.2) is 0 Å². The van der Waals surface area contributed by atoms with Gasteiger partial charge < -0.3 is 10.1 Å². The highest BCUT2D eigenvalue weighted by molar-refractivity contribution is 5.67. The summed E-state index contributed by atoms with van der Waals surface area (Å²) in [6.45, 7) is 2.61. The Balaban J connectivity index is 1.69. The molecule has 0 saturated heterocycles. The second-order valence-electron chi connectivity index (χ2n) is 5.16. The first kappa shape index (κ1) is 12.9. The van der Waals surface area contributed by atoms with Gasteiger partial charge >= 0.3 is 6.09 Å². The molecule has 0 radical (unpaired) electrons. The Kier molecular flexibility index (Phi) is 4.62. The maximum Gasteiger partial charge on any atom is 0.407 e. The average Bonchev–Trinajstić information content (AvgIpc) is 2.40. The van der Waals surface area contributed by atoms with E-state index in [2.05, 4.69) is 12.2 Å². The van der Waals surface area contributed by atoms with E-state index < -0.39 is 0 Å². The lowest BCUT2D eigenvalue weighted by Gasteiger charge is -2.26. The van der Waals surface area contributed by atoms with Crippen LogP contribution in [0.3, 0.4) is 0 Å². The molecule has 0 aliphatic heterocycles. The molecule has 0 bridgehead atoms. The molecular formula is C15H21NO2. The Bertz CT molecular complexity index is 369. The van der Waals surface area contributed by atoms with Gasteiger partial charge in [-0.2, -0.15) is 0 Å². The summed E-state index contributed by atoms with van der Waals surface area (Å²) in [4.78, 5) is 11.6. The molecule has 0 unspecified atom stereocenters. The lowest BCUT2D eigenvalue weighted by atomic mass is 9.87. The molecule has 2 rings (SSSR count). The highest BCUT2D eigenvalue weighted by Crippen LogP contribution is 2.23. The monoisotopic (exact) mass is 247 g/mol. The molecule has 0 heterocycles. The largest absolute Gasteiger partial charge is 0.445 e. The molecule has 3 heteroatoms. The van der Waals surface area contributed by atoms with Crippen molar-refractivity contribution < 1.29 is 9.53 Å². The SMILES string of the molecule is C[C@H]1CC[C@H](NC(=O)OCc2ccccc2)CC1. The molecule has 1 aliphatic carbocycles. The molecule has 0 atom stereocenters. The molecule has 3 nitrogen and oxygen atoms in total.